The number of nitrogens with zero attached hydrogens (tertiary/aromatic N) is 2. The molecule has 1 aliphatic rings. The zero-order chi connectivity index (χ0) is 17.4. The molecule has 1 saturated heterocycles. The van der Waals surface area contributed by atoms with Crippen LogP contribution in [0, 0.1) is 0 Å². The average Bonchev–Trinajstić information content (AvgIpc) is 2.77. The zero-order valence-corrected chi connectivity index (χ0v) is 14.3. The minimum Gasteiger partial charge on any atom is -0.398 e. The van der Waals surface area contributed by atoms with Gasteiger partial charge < -0.3 is 9.31 Å². The Morgan fingerprint density at radius 2 is 1.83 bits per heavy atom. The first-order valence-electron chi connectivity index (χ1n) is 7.88. The molecule has 24 heavy (non-hydrogen) atoms. The number of rotatable bonds is 3. The zero-order valence-electron chi connectivity index (χ0n) is 14.3. The first-order chi connectivity index (χ1) is 11.3. The second-order valence-electron chi connectivity index (χ2n) is 6.83. The maximum absolute atomic E-state index is 14.6. The van der Waals surface area contributed by atoms with Crippen LogP contribution in [0.15, 0.2) is 48.6 Å². The molecule has 0 unspecified atom stereocenters. The summed E-state index contributed by atoms with van der Waals surface area (Å²) in [4.78, 5) is 8.38. The summed E-state index contributed by atoms with van der Waals surface area (Å²) in [6.07, 6.45) is 6.49. The van der Waals surface area contributed by atoms with E-state index in [9.17, 15) is 4.39 Å². The molecule has 0 aliphatic carbocycles. The topological polar surface area (TPSA) is 44.2 Å². The van der Waals surface area contributed by atoms with Gasteiger partial charge in [0, 0.05) is 24.2 Å². The van der Waals surface area contributed by atoms with Crippen molar-refractivity contribution in [2.24, 2.45) is 0 Å². The monoisotopic (exact) mass is 326 g/mol. The van der Waals surface area contributed by atoms with Crippen LogP contribution in [0.5, 0.6) is 0 Å². The smallest absolute Gasteiger partial charge is 0.398 e. The lowest BCUT2D eigenvalue weighted by atomic mass is 9.87. The van der Waals surface area contributed by atoms with Crippen molar-refractivity contribution < 1.29 is 13.7 Å². The van der Waals surface area contributed by atoms with Gasteiger partial charge in [-0.25, -0.2) is 4.39 Å². The quantitative estimate of drug-likeness (QED) is 0.797. The minimum atomic E-state index is -0.995. The highest BCUT2D eigenvalue weighted by Crippen LogP contribution is 2.39. The molecule has 1 aliphatic heterocycles. The van der Waals surface area contributed by atoms with Gasteiger partial charge in [-0.1, -0.05) is 0 Å². The Morgan fingerprint density at radius 1 is 1.12 bits per heavy atom. The molecule has 0 atom stereocenters. The molecule has 6 heteroatoms. The molecule has 0 spiro atoms. The van der Waals surface area contributed by atoms with Gasteiger partial charge in [0.2, 0.25) is 0 Å². The van der Waals surface area contributed by atoms with Crippen LogP contribution in [0.2, 0.25) is 0 Å². The van der Waals surface area contributed by atoms with E-state index in [0.717, 1.165) is 11.3 Å². The largest absolute Gasteiger partial charge is 0.525 e. The molecule has 3 heterocycles. The predicted octanol–water partition coefficient (Wildman–Crippen LogP) is 4.09. The van der Waals surface area contributed by atoms with Gasteiger partial charge in [0.1, 0.15) is 5.73 Å². The molecular formula is C18H20BFN2O2. The van der Waals surface area contributed by atoms with Gasteiger partial charge >= 0.3 is 7.12 Å². The van der Waals surface area contributed by atoms with Crippen molar-refractivity contribution in [1.82, 2.24) is 9.97 Å². The van der Waals surface area contributed by atoms with Crippen LogP contribution >= 0.6 is 0 Å². The van der Waals surface area contributed by atoms with Gasteiger partial charge in [-0.3, -0.25) is 9.97 Å². The van der Waals surface area contributed by atoms with E-state index in [2.05, 4.69) is 9.97 Å². The summed E-state index contributed by atoms with van der Waals surface area (Å²) >= 11 is 0. The van der Waals surface area contributed by atoms with Crippen molar-refractivity contribution in [1.29, 1.82) is 0 Å². The molecule has 2 aromatic heterocycles. The lowest BCUT2D eigenvalue weighted by molar-refractivity contribution is 0.00578. The van der Waals surface area contributed by atoms with E-state index in [1.54, 1.807) is 24.7 Å². The summed E-state index contributed by atoms with van der Waals surface area (Å²) in [7, 11) is -0.995. The normalized spacial score (nSPS) is 19.5. The lowest BCUT2D eigenvalue weighted by Gasteiger charge is -2.32. The molecule has 4 nitrogen and oxygen atoms in total. The highest BCUT2D eigenvalue weighted by Gasteiger charge is 2.53. The van der Waals surface area contributed by atoms with Crippen LogP contribution < -0.4 is 0 Å². The van der Waals surface area contributed by atoms with Gasteiger partial charge in [-0.15, -0.1) is 0 Å². The van der Waals surface area contributed by atoms with Gasteiger partial charge in [-0.05, 0) is 63.6 Å². The third-order valence-corrected chi connectivity index (χ3v) is 4.52. The second-order valence-corrected chi connectivity index (χ2v) is 6.83. The molecule has 0 N–H and O–H groups in total. The van der Waals surface area contributed by atoms with Crippen molar-refractivity contribution in [2.45, 2.75) is 38.9 Å². The summed E-state index contributed by atoms with van der Waals surface area (Å²) in [6, 6.07) is 7.30. The predicted molar refractivity (Wildman–Crippen MR) is 92.6 cm³/mol. The van der Waals surface area contributed by atoms with E-state index in [4.69, 9.17) is 9.31 Å². The molecule has 3 rings (SSSR count). The summed E-state index contributed by atoms with van der Waals surface area (Å²) in [5.41, 5.74) is 0.708. The van der Waals surface area contributed by atoms with E-state index < -0.39 is 24.0 Å². The highest BCUT2D eigenvalue weighted by atomic mass is 19.1. The van der Waals surface area contributed by atoms with E-state index in [1.165, 1.54) is 6.08 Å². The van der Waals surface area contributed by atoms with Gasteiger partial charge in [0.05, 0.1) is 16.9 Å². The number of aromatic nitrogens is 2. The number of pyridine rings is 2. The highest BCUT2D eigenvalue weighted by molar-refractivity contribution is 6.54. The standard InChI is InChI=1S/C18H20BFN2O2/c1-17(2)18(3,4)24-19(23-17)16(20)11-13-7-9-22-15(10-13)14-6-5-8-21-12-14/h5-12H,1-4H3. The number of halogens is 1. The van der Waals surface area contributed by atoms with E-state index >= 15 is 0 Å². The minimum absolute atomic E-state index is 0.461. The van der Waals surface area contributed by atoms with Crippen molar-refractivity contribution in [3.05, 3.63) is 54.1 Å². The molecule has 124 valence electrons. The summed E-state index contributed by atoms with van der Waals surface area (Å²) < 4.78 is 26.0. The first kappa shape index (κ1) is 16.8. The third kappa shape index (κ3) is 3.25. The molecular weight excluding hydrogens is 306 g/mol. The molecule has 1 fully saturated rings. The van der Waals surface area contributed by atoms with Crippen LogP contribution in [0.25, 0.3) is 17.3 Å². The Kier molecular flexibility index (Phi) is 4.28. The van der Waals surface area contributed by atoms with Crippen LogP contribution in [-0.4, -0.2) is 28.3 Å². The maximum atomic E-state index is 14.6. The Balaban J connectivity index is 1.84. The van der Waals surface area contributed by atoms with E-state index in [-0.39, 0.29) is 0 Å². The van der Waals surface area contributed by atoms with Gasteiger partial charge in [0.15, 0.2) is 0 Å². The summed E-state index contributed by atoms with van der Waals surface area (Å²) in [5.74, 6) is 0. The summed E-state index contributed by atoms with van der Waals surface area (Å²) in [5, 5.41) is 0. The lowest BCUT2D eigenvalue weighted by Crippen LogP contribution is -2.41. The molecule has 0 bridgehead atoms. The average molecular weight is 326 g/mol. The molecule has 2 aromatic rings. The number of hydrogen-bond donors (Lipinski definition) is 0. The van der Waals surface area contributed by atoms with Crippen LogP contribution in [0.3, 0.4) is 0 Å². The van der Waals surface area contributed by atoms with Crippen molar-refractivity contribution in [3.8, 4) is 11.3 Å². The van der Waals surface area contributed by atoms with Gasteiger partial charge in [-0.2, -0.15) is 0 Å². The van der Waals surface area contributed by atoms with Crippen LogP contribution in [-0.2, 0) is 9.31 Å². The second kappa shape index (κ2) is 6.11. The van der Waals surface area contributed by atoms with E-state index in [0.29, 0.717) is 5.56 Å². The van der Waals surface area contributed by atoms with Crippen molar-refractivity contribution in [2.75, 3.05) is 0 Å². The first-order valence-corrected chi connectivity index (χ1v) is 7.88. The maximum Gasteiger partial charge on any atom is 0.525 e. The molecule has 0 saturated carbocycles. The van der Waals surface area contributed by atoms with Crippen molar-refractivity contribution in [3.63, 3.8) is 0 Å². The Bertz CT molecular complexity index is 747. The SMILES string of the molecule is CC1(C)OB(C(F)=Cc2ccnc(-c3cccnc3)c2)OC1(C)C. The molecule has 0 aromatic carbocycles. The summed E-state index contributed by atoms with van der Waals surface area (Å²) in [6.45, 7) is 7.58. The van der Waals surface area contributed by atoms with Crippen LogP contribution in [0.1, 0.15) is 33.3 Å². The Hall–Kier alpha value is -2.05. The van der Waals surface area contributed by atoms with Crippen LogP contribution in [0.4, 0.5) is 4.39 Å². The molecule has 0 radical (unpaired) electrons. The Morgan fingerprint density at radius 3 is 2.46 bits per heavy atom. The fourth-order valence-electron chi connectivity index (χ4n) is 2.39. The van der Waals surface area contributed by atoms with E-state index in [1.807, 2.05) is 45.9 Å². The Labute approximate surface area is 141 Å². The third-order valence-electron chi connectivity index (χ3n) is 4.52. The number of hydrogen-bond acceptors (Lipinski definition) is 4. The van der Waals surface area contributed by atoms with Gasteiger partial charge in [0.25, 0.3) is 0 Å². The fourth-order valence-corrected chi connectivity index (χ4v) is 2.39. The van der Waals surface area contributed by atoms with Crippen molar-refractivity contribution >= 4 is 13.2 Å². The fraction of sp³-hybridized carbons (Fsp3) is 0.333. The molecule has 0 amide bonds.